The van der Waals surface area contributed by atoms with Crippen molar-refractivity contribution in [3.8, 4) is 0 Å². The van der Waals surface area contributed by atoms with Gasteiger partial charge in [-0.15, -0.1) is 0 Å². The molecule has 0 radical (unpaired) electrons. The molecule has 4 aliphatic rings. The molecule has 0 aromatic rings. The van der Waals surface area contributed by atoms with Crippen LogP contribution in [-0.2, 0) is 0 Å². The second kappa shape index (κ2) is 9.21. The van der Waals surface area contributed by atoms with E-state index in [4.69, 9.17) is 0 Å². The van der Waals surface area contributed by atoms with Crippen LogP contribution in [0.25, 0.3) is 0 Å². The van der Waals surface area contributed by atoms with Crippen molar-refractivity contribution < 1.29 is 0 Å². The molecular formula is C29H54Sn. The van der Waals surface area contributed by atoms with Gasteiger partial charge in [-0.1, -0.05) is 20.3 Å². The van der Waals surface area contributed by atoms with Gasteiger partial charge in [0.25, 0.3) is 0 Å². The van der Waals surface area contributed by atoms with Gasteiger partial charge in [-0.25, -0.2) is 0 Å². The van der Waals surface area contributed by atoms with E-state index < -0.39 is 19.8 Å². The molecule has 0 spiro atoms. The number of rotatable bonds is 6. The van der Waals surface area contributed by atoms with Crippen molar-refractivity contribution in [2.24, 2.45) is 52.3 Å². The Morgan fingerprint density at radius 2 is 1.50 bits per heavy atom. The van der Waals surface area contributed by atoms with Gasteiger partial charge in [0.05, 0.1) is 0 Å². The molecule has 4 rings (SSSR count). The topological polar surface area (TPSA) is 0 Å². The zero-order valence-electron chi connectivity index (χ0n) is 21.7. The van der Waals surface area contributed by atoms with Crippen LogP contribution in [0.2, 0.25) is 13.8 Å². The molecule has 4 fully saturated rings. The average molecular weight is 521 g/mol. The molecule has 174 valence electrons. The SMILES string of the molecule is CC(C)CCC[C@@H](C)[C@H]1CC[C@H]2[C@@H]3CC[C@H]4C[C@H]([SnH]([CH3])[CH3])CC[C@]4(C)[C@H]3CC[C@]12C. The molecule has 0 bridgehead atoms. The Balaban J connectivity index is 1.45. The molecule has 0 amide bonds. The predicted molar refractivity (Wildman–Crippen MR) is 136 cm³/mol. The summed E-state index contributed by atoms with van der Waals surface area (Å²) in [5, 5.41) is 0. The summed E-state index contributed by atoms with van der Waals surface area (Å²) in [5.41, 5.74) is 1.38. The third kappa shape index (κ3) is 4.20. The number of hydrogen-bond acceptors (Lipinski definition) is 0. The second-order valence-electron chi connectivity index (χ2n) is 14.0. The molecule has 30 heavy (non-hydrogen) atoms. The Morgan fingerprint density at radius 3 is 2.20 bits per heavy atom. The minimum atomic E-state index is -1.15. The van der Waals surface area contributed by atoms with Crippen LogP contribution in [-0.4, -0.2) is 19.8 Å². The predicted octanol–water partition coefficient (Wildman–Crippen LogP) is 8.96. The summed E-state index contributed by atoms with van der Waals surface area (Å²) in [7, 11) is 0. The van der Waals surface area contributed by atoms with Crippen LogP contribution in [0.3, 0.4) is 0 Å². The van der Waals surface area contributed by atoms with Gasteiger partial charge in [0.1, 0.15) is 0 Å². The zero-order chi connectivity index (χ0) is 21.7. The molecule has 0 N–H and O–H groups in total. The van der Waals surface area contributed by atoms with E-state index in [0.29, 0.717) is 10.8 Å². The van der Waals surface area contributed by atoms with E-state index in [1.807, 2.05) is 0 Å². The molecule has 0 aromatic heterocycles. The van der Waals surface area contributed by atoms with Gasteiger partial charge in [0.2, 0.25) is 0 Å². The quantitative estimate of drug-likeness (QED) is 0.306. The molecule has 0 aromatic carbocycles. The van der Waals surface area contributed by atoms with E-state index in [1.165, 1.54) is 23.2 Å². The van der Waals surface area contributed by atoms with E-state index in [9.17, 15) is 0 Å². The maximum atomic E-state index is 2.78. The van der Waals surface area contributed by atoms with Crippen molar-refractivity contribution in [2.45, 2.75) is 125 Å². The van der Waals surface area contributed by atoms with Gasteiger partial charge in [-0.3, -0.25) is 0 Å². The Morgan fingerprint density at radius 1 is 0.800 bits per heavy atom. The number of hydrogen-bond donors (Lipinski definition) is 0. The van der Waals surface area contributed by atoms with Crippen molar-refractivity contribution >= 4 is 19.8 Å². The van der Waals surface area contributed by atoms with E-state index in [1.54, 1.807) is 57.8 Å². The van der Waals surface area contributed by atoms with Gasteiger partial charge in [0, 0.05) is 0 Å². The average Bonchev–Trinajstić information content (AvgIpc) is 3.04. The van der Waals surface area contributed by atoms with Crippen LogP contribution < -0.4 is 0 Å². The first-order chi connectivity index (χ1) is 14.2. The second-order valence-corrected chi connectivity index (χ2v) is 23.8. The fourth-order valence-corrected chi connectivity index (χ4v) is 14.8. The van der Waals surface area contributed by atoms with Crippen LogP contribution in [0, 0.1) is 52.3 Å². The first kappa shape index (κ1) is 23.9. The molecule has 4 aliphatic carbocycles. The van der Waals surface area contributed by atoms with E-state index in [2.05, 4.69) is 44.5 Å². The summed E-state index contributed by atoms with van der Waals surface area (Å²) in [6.45, 7) is 13.0. The molecule has 0 saturated heterocycles. The monoisotopic (exact) mass is 522 g/mol. The van der Waals surface area contributed by atoms with Crippen molar-refractivity contribution in [1.29, 1.82) is 0 Å². The van der Waals surface area contributed by atoms with Gasteiger partial charge in [-0.05, 0) is 5.92 Å². The van der Waals surface area contributed by atoms with Gasteiger partial charge in [0.15, 0.2) is 0 Å². The normalized spacial score (nSPS) is 47.1. The first-order valence-corrected chi connectivity index (χ1v) is 22.7. The molecule has 0 unspecified atom stereocenters. The molecule has 1 heteroatoms. The summed E-state index contributed by atoms with van der Waals surface area (Å²) in [4.78, 5) is 5.38. The van der Waals surface area contributed by atoms with E-state index in [0.717, 1.165) is 41.4 Å². The molecule has 4 saturated carbocycles. The minimum absolute atomic E-state index is 0.674. The number of fused-ring (bicyclic) bond motifs is 5. The Labute approximate surface area is 196 Å². The van der Waals surface area contributed by atoms with Gasteiger partial charge in [-0.2, -0.15) is 0 Å². The fraction of sp³-hybridized carbons (Fsp3) is 1.00. The first-order valence-electron chi connectivity index (χ1n) is 14.2. The summed E-state index contributed by atoms with van der Waals surface area (Å²) < 4.78 is 1.22. The summed E-state index contributed by atoms with van der Waals surface area (Å²) >= 11 is -1.15. The van der Waals surface area contributed by atoms with E-state index in [-0.39, 0.29) is 0 Å². The van der Waals surface area contributed by atoms with Crippen LogP contribution in [0.5, 0.6) is 0 Å². The van der Waals surface area contributed by atoms with E-state index >= 15 is 0 Å². The Hall–Kier alpha value is 0.799. The molecule has 0 nitrogen and oxygen atoms in total. The Kier molecular flexibility index (Phi) is 7.35. The fourth-order valence-electron chi connectivity index (χ4n) is 9.92. The van der Waals surface area contributed by atoms with Crippen LogP contribution in [0.4, 0.5) is 0 Å². The molecule has 0 heterocycles. The van der Waals surface area contributed by atoms with Crippen molar-refractivity contribution in [3.05, 3.63) is 0 Å². The molecule has 9 atom stereocenters. The van der Waals surface area contributed by atoms with Gasteiger partial charge >= 0.3 is 171 Å². The summed E-state index contributed by atoms with van der Waals surface area (Å²) in [5.74, 6) is 7.17. The van der Waals surface area contributed by atoms with Crippen LogP contribution in [0.1, 0.15) is 112 Å². The maximum absolute atomic E-state index is 2.78. The van der Waals surface area contributed by atoms with Crippen molar-refractivity contribution in [3.63, 3.8) is 0 Å². The summed E-state index contributed by atoms with van der Waals surface area (Å²) in [6.07, 6.45) is 18.7. The van der Waals surface area contributed by atoms with Crippen LogP contribution >= 0.6 is 0 Å². The van der Waals surface area contributed by atoms with Gasteiger partial charge < -0.3 is 0 Å². The van der Waals surface area contributed by atoms with Crippen molar-refractivity contribution in [1.82, 2.24) is 0 Å². The molecular weight excluding hydrogens is 467 g/mol. The Bertz CT molecular complexity index is 581. The van der Waals surface area contributed by atoms with Crippen LogP contribution in [0.15, 0.2) is 0 Å². The summed E-state index contributed by atoms with van der Waals surface area (Å²) in [6, 6.07) is 0. The van der Waals surface area contributed by atoms with Crippen molar-refractivity contribution in [2.75, 3.05) is 0 Å². The molecule has 0 aliphatic heterocycles. The third-order valence-electron chi connectivity index (χ3n) is 11.9. The standard InChI is InChI=1S/C27H47.2CH3.Sn.H/c1-19(2)9-8-10-20(3)23-14-15-24-22-13-12-21-11-6-7-17-26(21,4)25(22)16-18-27(23,24)5;;;;/h6,19-25H,7-18H2,1-5H3;2*1H3;;/t20-,21-,22+,23-,24+,25+,26+,27-;;;;/m1..../s1. The zero-order valence-corrected chi connectivity index (χ0v) is 25.0. The third-order valence-corrected chi connectivity index (χ3v) is 19.0.